The zero-order chi connectivity index (χ0) is 75.4. The Morgan fingerprint density at radius 2 is 0.755 bits per heavy atom. The average molecular weight is 1400 g/mol. The van der Waals surface area contributed by atoms with Gasteiger partial charge < -0.3 is 119 Å². The topological polar surface area (TPSA) is 706 Å². The number of carbonyl (C=O) groups is 19. The van der Waals surface area contributed by atoms with Gasteiger partial charge in [-0.2, -0.15) is 0 Å². The highest BCUT2D eigenvalue weighted by Gasteiger charge is 2.39. The van der Waals surface area contributed by atoms with Gasteiger partial charge in [0.25, 0.3) is 0 Å². The van der Waals surface area contributed by atoms with E-state index < -0.39 is 242 Å². The van der Waals surface area contributed by atoms with Crippen LogP contribution >= 0.6 is 0 Å². The zero-order valence-electron chi connectivity index (χ0n) is 55.5. The summed E-state index contributed by atoms with van der Waals surface area (Å²) in [6.45, 7) is 8.71. The number of carboxylic acids is 3. The molecule has 0 aromatic heterocycles. The van der Waals surface area contributed by atoms with Gasteiger partial charge >= 0.3 is 17.9 Å². The second-order valence-corrected chi connectivity index (χ2v) is 23.8. The van der Waals surface area contributed by atoms with Gasteiger partial charge in [-0.1, -0.05) is 48.0 Å². The molecule has 0 aliphatic rings. The maximum atomic E-state index is 14.3. The Bertz CT molecular complexity index is 2880. The predicted octanol–water partition coefficient (Wildman–Crippen LogP) is -10.0. The molecular weight excluding hydrogens is 1300 g/mol. The first-order chi connectivity index (χ1) is 45.6. The van der Waals surface area contributed by atoms with Gasteiger partial charge in [0.15, 0.2) is 0 Å². The molecule has 552 valence electrons. The second-order valence-electron chi connectivity index (χ2n) is 23.8. The van der Waals surface area contributed by atoms with E-state index in [9.17, 15) is 106 Å². The van der Waals surface area contributed by atoms with E-state index in [1.807, 2.05) is 10.6 Å². The summed E-state index contributed by atoms with van der Waals surface area (Å²) in [5.74, 6) is -25.0. The van der Waals surface area contributed by atoms with Crippen LogP contribution in [0.4, 0.5) is 0 Å². The molecule has 0 aliphatic heterocycles. The van der Waals surface area contributed by atoms with Gasteiger partial charge in [-0.3, -0.25) is 86.3 Å². The Kier molecular flexibility index (Phi) is 39.9. The molecule has 0 aromatic rings. The van der Waals surface area contributed by atoms with Crippen LogP contribution in [0.15, 0.2) is 0 Å². The van der Waals surface area contributed by atoms with E-state index in [2.05, 4.69) is 53.2 Å². The maximum Gasteiger partial charge on any atom is 0.326 e. The predicted molar refractivity (Wildman–Crippen MR) is 338 cm³/mol. The first-order valence-corrected chi connectivity index (χ1v) is 31.0. The van der Waals surface area contributed by atoms with E-state index in [-0.39, 0.29) is 63.8 Å². The third-order valence-electron chi connectivity index (χ3n) is 14.2. The molecule has 41 heteroatoms. The van der Waals surface area contributed by atoms with Crippen molar-refractivity contribution in [1.29, 1.82) is 0 Å². The number of amides is 16. The summed E-state index contributed by atoms with van der Waals surface area (Å²) in [4.78, 5) is 246. The van der Waals surface area contributed by atoms with Crippen LogP contribution < -0.4 is 98.2 Å². The van der Waals surface area contributed by atoms with Crippen LogP contribution in [-0.4, -0.2) is 225 Å². The van der Waals surface area contributed by atoms with E-state index in [1.54, 1.807) is 34.6 Å². The van der Waals surface area contributed by atoms with Crippen molar-refractivity contribution >= 4 is 112 Å². The van der Waals surface area contributed by atoms with Crippen LogP contribution in [0.1, 0.15) is 132 Å². The quantitative estimate of drug-likeness (QED) is 0.0252. The number of nitrogens with one attached hydrogen (secondary N) is 12. The van der Waals surface area contributed by atoms with E-state index >= 15 is 0 Å². The van der Waals surface area contributed by atoms with Gasteiger partial charge in [-0.25, -0.2) is 4.79 Å². The molecule has 0 aliphatic carbocycles. The summed E-state index contributed by atoms with van der Waals surface area (Å²) in [6.07, 6.45) is -5.55. The molecular formula is C57H96N18O23. The lowest BCUT2D eigenvalue weighted by Crippen LogP contribution is -2.62. The lowest BCUT2D eigenvalue weighted by Gasteiger charge is -2.29. The third-order valence-corrected chi connectivity index (χ3v) is 14.2. The van der Waals surface area contributed by atoms with Gasteiger partial charge in [0.05, 0.1) is 51.3 Å². The number of primary amides is 4. The summed E-state index contributed by atoms with van der Waals surface area (Å²) in [7, 11) is 0. The van der Waals surface area contributed by atoms with Gasteiger partial charge in [-0.05, 0) is 69.7 Å². The van der Waals surface area contributed by atoms with Gasteiger partial charge in [0.1, 0.15) is 66.5 Å². The summed E-state index contributed by atoms with van der Waals surface area (Å²) < 4.78 is 0. The van der Waals surface area contributed by atoms with Crippen molar-refractivity contribution in [2.75, 3.05) is 19.7 Å². The zero-order valence-corrected chi connectivity index (χ0v) is 55.5. The van der Waals surface area contributed by atoms with E-state index in [0.29, 0.717) is 0 Å². The van der Waals surface area contributed by atoms with Crippen molar-refractivity contribution in [2.24, 2.45) is 52.2 Å². The maximum absolute atomic E-state index is 14.3. The first-order valence-electron chi connectivity index (χ1n) is 31.0. The summed E-state index contributed by atoms with van der Waals surface area (Å²) in [6, 6.07) is -21.1. The Labute approximate surface area is 562 Å². The molecule has 0 aromatic carbocycles. The number of unbranched alkanes of at least 4 members (excludes halogenated alkanes) is 1. The van der Waals surface area contributed by atoms with Crippen LogP contribution in [0.3, 0.4) is 0 Å². The first kappa shape index (κ1) is 87.8. The molecule has 0 saturated heterocycles. The van der Waals surface area contributed by atoms with Crippen LogP contribution in [0.25, 0.3) is 0 Å². The summed E-state index contributed by atoms with van der Waals surface area (Å²) in [5, 5.41) is 64.6. The number of aliphatic carboxylic acids is 3. The van der Waals surface area contributed by atoms with Crippen molar-refractivity contribution in [1.82, 2.24) is 63.8 Å². The minimum Gasteiger partial charge on any atom is -0.481 e. The highest BCUT2D eigenvalue weighted by atomic mass is 16.4. The number of nitrogens with two attached hydrogens (primary N) is 6. The minimum atomic E-state index is -2.09. The van der Waals surface area contributed by atoms with Crippen molar-refractivity contribution in [3.8, 4) is 0 Å². The van der Waals surface area contributed by atoms with Crippen LogP contribution in [0, 0.1) is 17.8 Å². The Hall–Kier alpha value is -10.2. The molecule has 16 amide bonds. The van der Waals surface area contributed by atoms with E-state index in [4.69, 9.17) is 39.5 Å². The summed E-state index contributed by atoms with van der Waals surface area (Å²) in [5.41, 5.74) is 32.9. The highest BCUT2D eigenvalue weighted by molar-refractivity contribution is 6.02. The number of aliphatic hydroxyl groups is 1. The largest absolute Gasteiger partial charge is 0.481 e. The van der Waals surface area contributed by atoms with Gasteiger partial charge in [0, 0.05) is 6.42 Å². The van der Waals surface area contributed by atoms with Crippen LogP contribution in [-0.2, 0) is 91.1 Å². The Morgan fingerprint density at radius 1 is 0.388 bits per heavy atom. The fourth-order valence-electron chi connectivity index (χ4n) is 8.85. The van der Waals surface area contributed by atoms with Gasteiger partial charge in [-0.15, -0.1) is 0 Å². The normalized spacial score (nSPS) is 15.0. The lowest BCUT2D eigenvalue weighted by atomic mass is 9.96. The molecule has 28 N–H and O–H groups in total. The lowest BCUT2D eigenvalue weighted by molar-refractivity contribution is -0.147. The molecule has 13 atom stereocenters. The number of carbonyl (C=O) groups excluding carboxylic acids is 16. The number of aliphatic hydroxyl groups excluding tert-OH is 1. The van der Waals surface area contributed by atoms with E-state index in [0.717, 1.165) is 6.92 Å². The van der Waals surface area contributed by atoms with Crippen molar-refractivity contribution in [3.63, 3.8) is 0 Å². The fraction of sp³-hybridized carbons (Fsp3) is 0.667. The molecule has 0 heterocycles. The third kappa shape index (κ3) is 35.0. The molecule has 0 rings (SSSR count). The Balaban J connectivity index is 6.87. The van der Waals surface area contributed by atoms with Crippen molar-refractivity contribution in [2.45, 2.75) is 204 Å². The molecule has 0 unspecified atom stereocenters. The van der Waals surface area contributed by atoms with Crippen LogP contribution in [0.2, 0.25) is 0 Å². The highest BCUT2D eigenvalue weighted by Crippen LogP contribution is 2.14. The fourth-order valence-corrected chi connectivity index (χ4v) is 8.85. The summed E-state index contributed by atoms with van der Waals surface area (Å²) >= 11 is 0. The SMILES string of the molecule is CC[C@H](C)[C@H](NC(=O)[C@H](CC(N)=O)NC(=O)[C@H](CCCCN)NC(=O)[C@H](CC(N)=O)NC(=O)[C@H](CC(C)C)NC(=O)CNC(=O)[C@@H](N)CCC(N)=O)C(=O)N[C@@H](CC(N)=O)C(=O)N[C@@H](CC(C)C)C(=O)N[C@@H](CC(=O)O)C(=O)N[C@@H](CO)C(=O)N[C@@H](C)C(=O)N[C@@H](CC(=O)O)C(=O)O. The monoisotopic (exact) mass is 1400 g/mol. The molecule has 41 nitrogen and oxygen atoms in total. The number of rotatable bonds is 49. The van der Waals surface area contributed by atoms with E-state index in [1.165, 1.54) is 6.92 Å². The molecule has 0 spiro atoms. The molecule has 0 saturated carbocycles. The average Bonchev–Trinajstić information content (AvgIpc) is 0.856. The molecule has 98 heavy (non-hydrogen) atoms. The smallest absolute Gasteiger partial charge is 0.326 e. The molecule has 0 bridgehead atoms. The Morgan fingerprint density at radius 3 is 1.16 bits per heavy atom. The van der Waals surface area contributed by atoms with Crippen molar-refractivity contribution in [3.05, 3.63) is 0 Å². The molecule has 0 fully saturated rings. The molecule has 0 radical (unpaired) electrons. The number of hydrogen-bond acceptors (Lipinski definition) is 22. The minimum absolute atomic E-state index is 0.0600. The van der Waals surface area contributed by atoms with Crippen molar-refractivity contribution < 1.29 is 112 Å². The standard InChI is InChI=1S/C57H96N18O23/c1-8-26(6)45(56(96)72-33(18-40(62)79)52(92)68-31(16-25(4)5)50(90)71-35(20-43(82)83)53(93)74-37(23-76)55(95)65-27(7)46(86)73-36(57(97)98)21-44(84)85)75-54(94)34(19-41(63)80)69-48(88)29(11-9-10-14-58)67-51(91)32(17-39(61)78)70-49(89)30(15-24(2)3)66-42(81)22-64-47(87)28(59)12-13-38(60)77/h24-37,45,76H,8-23,58-59H2,1-7H3,(H2,60,77)(H2,61,78)(H2,62,79)(H2,63,80)(H,64,87)(H,65,95)(H,66,81)(H,67,91)(H,68,92)(H,69,88)(H,70,89)(H,71,90)(H,72,96)(H,73,86)(H,74,93)(H,75,94)(H,82,83)(H,84,85)(H,97,98)/t26-,27-,28-,29-,30-,31-,32-,33-,34-,35-,36-,37-,45-/m0/s1. The number of hydrogen-bond donors (Lipinski definition) is 22. The van der Waals surface area contributed by atoms with Gasteiger partial charge in [0.2, 0.25) is 94.5 Å². The second kappa shape index (κ2) is 44.5. The van der Waals surface area contributed by atoms with Crippen LogP contribution in [0.5, 0.6) is 0 Å². The number of carboxylic acid groups (broad SMARTS) is 3.